The third kappa shape index (κ3) is 5.58. The van der Waals surface area contributed by atoms with Crippen LogP contribution in [0.2, 0.25) is 5.02 Å². The molecule has 4 nitrogen and oxygen atoms in total. The molecule has 2 rings (SSSR count). The number of amides is 1. The molecule has 0 atom stereocenters. The molecule has 0 spiro atoms. The van der Waals surface area contributed by atoms with Crippen molar-refractivity contribution < 1.29 is 22.7 Å². The zero-order chi connectivity index (χ0) is 17.6. The first-order valence-corrected chi connectivity index (χ1v) is 7.10. The third-order valence-corrected chi connectivity index (χ3v) is 3.06. The molecule has 2 aromatic carbocycles. The lowest BCUT2D eigenvalue weighted by Gasteiger charge is -2.09. The summed E-state index contributed by atoms with van der Waals surface area (Å²) in [5.74, 6) is -0.653. The Bertz CT molecular complexity index is 731. The molecule has 0 unspecified atom stereocenters. The first kappa shape index (κ1) is 17.8. The molecular formula is C16H12ClF3N2O2. The van der Waals surface area contributed by atoms with Crippen molar-refractivity contribution in [3.8, 4) is 5.75 Å². The lowest BCUT2D eigenvalue weighted by atomic mass is 10.2. The number of carbonyl (C=O) groups is 1. The molecule has 0 aliphatic rings. The van der Waals surface area contributed by atoms with E-state index in [1.807, 2.05) is 0 Å². The highest BCUT2D eigenvalue weighted by Gasteiger charge is 2.30. The van der Waals surface area contributed by atoms with Crippen LogP contribution in [0.25, 0.3) is 0 Å². The molecule has 0 saturated heterocycles. The molecule has 2 aromatic rings. The summed E-state index contributed by atoms with van der Waals surface area (Å²) in [7, 11) is 0. The Labute approximate surface area is 140 Å². The quantitative estimate of drug-likeness (QED) is 0.652. The summed E-state index contributed by atoms with van der Waals surface area (Å²) < 4.78 is 42.7. The first-order chi connectivity index (χ1) is 11.3. The molecule has 0 fully saturated rings. The van der Waals surface area contributed by atoms with Gasteiger partial charge in [0.25, 0.3) is 5.91 Å². The minimum absolute atomic E-state index is 0.0540. The number of halogens is 4. The average molecular weight is 357 g/mol. The Morgan fingerprint density at radius 3 is 2.58 bits per heavy atom. The van der Waals surface area contributed by atoms with Crippen LogP contribution in [0.4, 0.5) is 13.2 Å². The van der Waals surface area contributed by atoms with E-state index in [4.69, 9.17) is 16.3 Å². The van der Waals surface area contributed by atoms with Crippen LogP contribution in [0.5, 0.6) is 5.75 Å². The van der Waals surface area contributed by atoms with E-state index in [2.05, 4.69) is 10.5 Å². The van der Waals surface area contributed by atoms with E-state index >= 15 is 0 Å². The number of hydrogen-bond donors (Lipinski definition) is 1. The van der Waals surface area contributed by atoms with E-state index in [0.29, 0.717) is 5.02 Å². The summed E-state index contributed by atoms with van der Waals surface area (Å²) in [5.41, 5.74) is 2.09. The van der Waals surface area contributed by atoms with Gasteiger partial charge in [-0.2, -0.15) is 18.3 Å². The van der Waals surface area contributed by atoms with Crippen molar-refractivity contribution in [2.75, 3.05) is 6.61 Å². The number of nitrogens with zero attached hydrogens (tertiary/aromatic N) is 1. The minimum atomic E-state index is -4.47. The van der Waals surface area contributed by atoms with Gasteiger partial charge in [-0.15, -0.1) is 0 Å². The van der Waals surface area contributed by atoms with Gasteiger partial charge >= 0.3 is 6.18 Å². The van der Waals surface area contributed by atoms with Gasteiger partial charge in [0.1, 0.15) is 5.75 Å². The normalized spacial score (nSPS) is 11.5. The topological polar surface area (TPSA) is 50.7 Å². The lowest BCUT2D eigenvalue weighted by molar-refractivity contribution is -0.137. The molecule has 0 aliphatic carbocycles. The summed E-state index contributed by atoms with van der Waals surface area (Å²) in [6.45, 7) is -0.459. The van der Waals surface area contributed by atoms with Crippen LogP contribution < -0.4 is 10.2 Å². The molecular weight excluding hydrogens is 345 g/mol. The van der Waals surface area contributed by atoms with Crippen molar-refractivity contribution in [2.45, 2.75) is 6.18 Å². The van der Waals surface area contributed by atoms with Crippen molar-refractivity contribution in [2.24, 2.45) is 5.10 Å². The van der Waals surface area contributed by atoms with Gasteiger partial charge in [-0.1, -0.05) is 29.8 Å². The maximum Gasteiger partial charge on any atom is 0.416 e. The van der Waals surface area contributed by atoms with Gasteiger partial charge in [-0.25, -0.2) is 5.43 Å². The largest absolute Gasteiger partial charge is 0.484 e. The van der Waals surface area contributed by atoms with Gasteiger partial charge in [-0.3, -0.25) is 4.79 Å². The number of nitrogens with one attached hydrogen (secondary N) is 1. The number of rotatable bonds is 5. The summed E-state index contributed by atoms with van der Waals surface area (Å²) in [6, 6.07) is 11.0. The lowest BCUT2D eigenvalue weighted by Crippen LogP contribution is -2.24. The van der Waals surface area contributed by atoms with E-state index < -0.39 is 24.3 Å². The van der Waals surface area contributed by atoms with Crippen molar-refractivity contribution in [3.63, 3.8) is 0 Å². The number of ether oxygens (including phenoxy) is 1. The van der Waals surface area contributed by atoms with Crippen LogP contribution >= 0.6 is 11.6 Å². The van der Waals surface area contributed by atoms with Gasteiger partial charge in [0.15, 0.2) is 6.61 Å². The number of benzene rings is 2. The highest BCUT2D eigenvalue weighted by molar-refractivity contribution is 6.30. The van der Waals surface area contributed by atoms with Crippen molar-refractivity contribution in [1.82, 2.24) is 5.43 Å². The van der Waals surface area contributed by atoms with Gasteiger partial charge in [0.2, 0.25) is 0 Å². The predicted molar refractivity (Wildman–Crippen MR) is 84.1 cm³/mol. The molecule has 0 bridgehead atoms. The Balaban J connectivity index is 1.84. The fourth-order valence-electron chi connectivity index (χ4n) is 1.67. The molecule has 8 heteroatoms. The van der Waals surface area contributed by atoms with Gasteiger partial charge in [0.05, 0.1) is 11.8 Å². The minimum Gasteiger partial charge on any atom is -0.484 e. The molecule has 24 heavy (non-hydrogen) atoms. The molecule has 0 aliphatic heterocycles. The van der Waals surface area contributed by atoms with Gasteiger partial charge in [0, 0.05) is 5.02 Å². The van der Waals surface area contributed by atoms with E-state index in [1.165, 1.54) is 18.3 Å². The predicted octanol–water partition coefficient (Wildman–Crippen LogP) is 3.89. The van der Waals surface area contributed by atoms with Crippen LogP contribution in [-0.2, 0) is 11.0 Å². The SMILES string of the molecule is O=C(COc1cccc(C(F)(F)F)c1)N/N=C/c1ccc(Cl)cc1. The number of alkyl halides is 3. The molecule has 1 amide bonds. The fourth-order valence-corrected chi connectivity index (χ4v) is 1.80. The summed E-state index contributed by atoms with van der Waals surface area (Å²) in [4.78, 5) is 11.5. The van der Waals surface area contributed by atoms with E-state index in [1.54, 1.807) is 24.3 Å². The first-order valence-electron chi connectivity index (χ1n) is 6.72. The highest BCUT2D eigenvalue weighted by Crippen LogP contribution is 2.31. The van der Waals surface area contributed by atoms with Crippen LogP contribution in [0.3, 0.4) is 0 Å². The van der Waals surface area contributed by atoms with Crippen molar-refractivity contribution >= 4 is 23.7 Å². The highest BCUT2D eigenvalue weighted by atomic mass is 35.5. The van der Waals surface area contributed by atoms with E-state index in [9.17, 15) is 18.0 Å². The molecule has 1 N–H and O–H groups in total. The second kappa shape index (κ2) is 7.83. The van der Waals surface area contributed by atoms with Crippen LogP contribution in [0.1, 0.15) is 11.1 Å². The van der Waals surface area contributed by atoms with Crippen molar-refractivity contribution in [1.29, 1.82) is 0 Å². The summed E-state index contributed by atoms with van der Waals surface area (Å²) in [6.07, 6.45) is -3.07. The third-order valence-electron chi connectivity index (χ3n) is 2.80. The Hall–Kier alpha value is -2.54. The molecule has 0 aromatic heterocycles. The fraction of sp³-hybridized carbons (Fsp3) is 0.125. The Kier molecular flexibility index (Phi) is 5.81. The summed E-state index contributed by atoms with van der Waals surface area (Å²) >= 11 is 5.73. The zero-order valence-corrected chi connectivity index (χ0v) is 12.9. The second-order valence-corrected chi connectivity index (χ2v) is 5.10. The number of hydrogen-bond acceptors (Lipinski definition) is 3. The molecule has 0 saturated carbocycles. The zero-order valence-electron chi connectivity index (χ0n) is 12.2. The number of hydrazone groups is 1. The number of carbonyl (C=O) groups excluding carboxylic acids is 1. The Morgan fingerprint density at radius 2 is 1.92 bits per heavy atom. The summed E-state index contributed by atoms with van der Waals surface area (Å²) in [5, 5.41) is 4.29. The van der Waals surface area contributed by atoms with Gasteiger partial charge in [-0.05, 0) is 35.9 Å². The maximum absolute atomic E-state index is 12.6. The standard InChI is InChI=1S/C16H12ClF3N2O2/c17-13-6-4-11(5-7-13)9-21-22-15(23)10-24-14-3-1-2-12(8-14)16(18,19)20/h1-9H,10H2,(H,22,23)/b21-9+. The molecule has 0 radical (unpaired) electrons. The average Bonchev–Trinajstić information content (AvgIpc) is 2.54. The van der Waals surface area contributed by atoms with Crippen LogP contribution in [0.15, 0.2) is 53.6 Å². The smallest absolute Gasteiger partial charge is 0.416 e. The van der Waals surface area contributed by atoms with E-state index in [0.717, 1.165) is 17.7 Å². The Morgan fingerprint density at radius 1 is 1.21 bits per heavy atom. The van der Waals surface area contributed by atoms with Crippen LogP contribution in [-0.4, -0.2) is 18.7 Å². The molecule has 126 valence electrons. The van der Waals surface area contributed by atoms with Crippen molar-refractivity contribution in [3.05, 3.63) is 64.7 Å². The maximum atomic E-state index is 12.6. The van der Waals surface area contributed by atoms with E-state index in [-0.39, 0.29) is 5.75 Å². The molecule has 0 heterocycles. The monoisotopic (exact) mass is 356 g/mol. The van der Waals surface area contributed by atoms with Crippen LogP contribution in [0, 0.1) is 0 Å². The van der Waals surface area contributed by atoms with Gasteiger partial charge < -0.3 is 4.74 Å². The second-order valence-electron chi connectivity index (χ2n) is 4.66.